The Labute approximate surface area is 97.5 Å². The number of hydrogen-bond acceptors (Lipinski definition) is 0. The fourth-order valence-corrected chi connectivity index (χ4v) is 2.21. The van der Waals surface area contributed by atoms with Gasteiger partial charge in [0.05, 0.1) is 0 Å². The average molecular weight is 212 g/mol. The molecular formula is C15H18N-. The maximum atomic E-state index is 4.23. The summed E-state index contributed by atoms with van der Waals surface area (Å²) in [6, 6.07) is 13.1. The standard InChI is InChI=1S/C15H18N/c1-11(2)13-7-5-8-14-12(10-16-3)6-4-9-15(13)14/h4-9,11H,10H2,1-3H3/q-1. The van der Waals surface area contributed by atoms with Crippen LogP contribution in [0.4, 0.5) is 0 Å². The van der Waals surface area contributed by atoms with Gasteiger partial charge in [-0.25, -0.2) is 0 Å². The van der Waals surface area contributed by atoms with E-state index in [1.54, 1.807) is 0 Å². The van der Waals surface area contributed by atoms with Crippen molar-refractivity contribution in [2.75, 3.05) is 7.05 Å². The van der Waals surface area contributed by atoms with Crippen molar-refractivity contribution in [1.29, 1.82) is 0 Å². The van der Waals surface area contributed by atoms with Crippen LogP contribution in [0.2, 0.25) is 0 Å². The molecule has 0 aliphatic heterocycles. The van der Waals surface area contributed by atoms with E-state index in [0.717, 1.165) is 6.54 Å². The first-order chi connectivity index (χ1) is 7.74. The Morgan fingerprint density at radius 2 is 1.69 bits per heavy atom. The molecule has 0 N–H and O–H groups in total. The Morgan fingerprint density at radius 3 is 2.38 bits per heavy atom. The Hall–Kier alpha value is -1.34. The van der Waals surface area contributed by atoms with Crippen molar-refractivity contribution in [3.05, 3.63) is 52.8 Å². The molecule has 2 aromatic rings. The summed E-state index contributed by atoms with van der Waals surface area (Å²) in [7, 11) is 1.87. The van der Waals surface area contributed by atoms with Crippen LogP contribution in [-0.2, 0) is 6.54 Å². The van der Waals surface area contributed by atoms with E-state index in [1.165, 1.54) is 21.9 Å². The van der Waals surface area contributed by atoms with Gasteiger partial charge in [-0.05, 0) is 22.3 Å². The zero-order valence-corrected chi connectivity index (χ0v) is 10.2. The largest absolute Gasteiger partial charge is 0.661 e. The summed E-state index contributed by atoms with van der Waals surface area (Å²) < 4.78 is 0. The predicted octanol–water partition coefficient (Wildman–Crippen LogP) is 4.47. The monoisotopic (exact) mass is 212 g/mol. The van der Waals surface area contributed by atoms with Crippen LogP contribution in [0.1, 0.15) is 30.9 Å². The molecular weight excluding hydrogens is 194 g/mol. The summed E-state index contributed by atoms with van der Waals surface area (Å²) in [5.41, 5.74) is 2.75. The van der Waals surface area contributed by atoms with E-state index in [2.05, 4.69) is 55.6 Å². The van der Waals surface area contributed by atoms with Crippen LogP contribution in [0.15, 0.2) is 36.4 Å². The highest BCUT2D eigenvalue weighted by Crippen LogP contribution is 2.28. The molecule has 2 rings (SSSR count). The summed E-state index contributed by atoms with van der Waals surface area (Å²) in [6.45, 7) is 5.29. The van der Waals surface area contributed by atoms with E-state index in [1.807, 2.05) is 7.05 Å². The Balaban J connectivity index is 2.66. The van der Waals surface area contributed by atoms with E-state index < -0.39 is 0 Å². The molecule has 0 amide bonds. The number of benzene rings is 2. The van der Waals surface area contributed by atoms with Crippen LogP contribution in [0.5, 0.6) is 0 Å². The first-order valence-electron chi connectivity index (χ1n) is 5.80. The van der Waals surface area contributed by atoms with Gasteiger partial charge in [0.15, 0.2) is 0 Å². The van der Waals surface area contributed by atoms with Crippen LogP contribution in [-0.4, -0.2) is 7.05 Å². The summed E-state index contributed by atoms with van der Waals surface area (Å²) in [4.78, 5) is 0. The van der Waals surface area contributed by atoms with Crippen LogP contribution in [0.25, 0.3) is 16.1 Å². The molecule has 0 saturated carbocycles. The van der Waals surface area contributed by atoms with Gasteiger partial charge >= 0.3 is 0 Å². The highest BCUT2D eigenvalue weighted by atomic mass is 14.8. The van der Waals surface area contributed by atoms with Gasteiger partial charge in [-0.15, -0.1) is 6.54 Å². The van der Waals surface area contributed by atoms with E-state index in [4.69, 9.17) is 0 Å². The van der Waals surface area contributed by atoms with E-state index >= 15 is 0 Å². The van der Waals surface area contributed by atoms with E-state index in [9.17, 15) is 0 Å². The molecule has 0 spiro atoms. The molecule has 0 radical (unpaired) electrons. The normalized spacial score (nSPS) is 11.2. The maximum absolute atomic E-state index is 4.23. The molecule has 0 aliphatic carbocycles. The first-order valence-corrected chi connectivity index (χ1v) is 5.80. The Morgan fingerprint density at radius 1 is 1.00 bits per heavy atom. The van der Waals surface area contributed by atoms with Crippen molar-refractivity contribution < 1.29 is 0 Å². The first kappa shape index (κ1) is 11.2. The SMILES string of the molecule is C[N-]Cc1cccc2c(C(C)C)cccc12. The molecule has 0 fully saturated rings. The second-order valence-corrected chi connectivity index (χ2v) is 4.49. The van der Waals surface area contributed by atoms with Gasteiger partial charge in [-0.1, -0.05) is 55.8 Å². The van der Waals surface area contributed by atoms with E-state index in [-0.39, 0.29) is 0 Å². The van der Waals surface area contributed by atoms with E-state index in [0.29, 0.717) is 5.92 Å². The van der Waals surface area contributed by atoms with Crippen LogP contribution in [0.3, 0.4) is 0 Å². The molecule has 0 saturated heterocycles. The highest BCUT2D eigenvalue weighted by molar-refractivity contribution is 5.89. The third kappa shape index (κ3) is 1.96. The van der Waals surface area contributed by atoms with Crippen LogP contribution >= 0.6 is 0 Å². The number of nitrogens with zero attached hydrogens (tertiary/aromatic N) is 1. The fourth-order valence-electron chi connectivity index (χ4n) is 2.21. The lowest BCUT2D eigenvalue weighted by Gasteiger charge is -2.16. The highest BCUT2D eigenvalue weighted by Gasteiger charge is 2.05. The number of hydrogen-bond donors (Lipinski definition) is 0. The van der Waals surface area contributed by atoms with Crippen molar-refractivity contribution in [2.24, 2.45) is 0 Å². The lowest BCUT2D eigenvalue weighted by molar-refractivity contribution is 0.876. The maximum Gasteiger partial charge on any atom is -0.0147 e. The molecule has 0 atom stereocenters. The smallest absolute Gasteiger partial charge is 0.0147 e. The van der Waals surface area contributed by atoms with Gasteiger partial charge in [0.2, 0.25) is 0 Å². The third-order valence-electron chi connectivity index (χ3n) is 3.00. The Bertz CT molecular complexity index is 486. The van der Waals surface area contributed by atoms with Crippen molar-refractivity contribution in [3.8, 4) is 0 Å². The predicted molar refractivity (Wildman–Crippen MR) is 71.0 cm³/mol. The molecule has 1 heteroatoms. The molecule has 1 nitrogen and oxygen atoms in total. The Kier molecular flexibility index (Phi) is 3.25. The zero-order chi connectivity index (χ0) is 11.5. The quantitative estimate of drug-likeness (QED) is 0.713. The lowest BCUT2D eigenvalue weighted by atomic mass is 9.94. The van der Waals surface area contributed by atoms with Gasteiger partial charge in [0.25, 0.3) is 0 Å². The minimum atomic E-state index is 0.567. The minimum Gasteiger partial charge on any atom is -0.661 e. The second kappa shape index (κ2) is 4.67. The summed E-state index contributed by atoms with van der Waals surface area (Å²) >= 11 is 0. The van der Waals surface area contributed by atoms with Gasteiger partial charge in [0.1, 0.15) is 0 Å². The lowest BCUT2D eigenvalue weighted by Crippen LogP contribution is -1.92. The van der Waals surface area contributed by atoms with Crippen molar-refractivity contribution in [2.45, 2.75) is 26.3 Å². The molecule has 16 heavy (non-hydrogen) atoms. The molecule has 0 unspecified atom stereocenters. The summed E-state index contributed by atoms with van der Waals surface area (Å²) in [5.74, 6) is 0.567. The topological polar surface area (TPSA) is 14.1 Å². The van der Waals surface area contributed by atoms with Crippen LogP contribution in [0, 0.1) is 0 Å². The molecule has 0 bridgehead atoms. The summed E-state index contributed by atoms with van der Waals surface area (Å²) in [5, 5.41) is 6.95. The van der Waals surface area contributed by atoms with Gasteiger partial charge < -0.3 is 5.32 Å². The van der Waals surface area contributed by atoms with Crippen LogP contribution < -0.4 is 0 Å². The van der Waals surface area contributed by atoms with Gasteiger partial charge in [-0.3, -0.25) is 0 Å². The van der Waals surface area contributed by atoms with Crippen molar-refractivity contribution >= 4 is 10.8 Å². The molecule has 0 heterocycles. The molecule has 0 aromatic heterocycles. The third-order valence-corrected chi connectivity index (χ3v) is 3.00. The number of fused-ring (bicyclic) bond motifs is 1. The molecule has 0 aliphatic rings. The minimum absolute atomic E-state index is 0.567. The molecule has 2 aromatic carbocycles. The average Bonchev–Trinajstić information content (AvgIpc) is 2.29. The van der Waals surface area contributed by atoms with Crippen molar-refractivity contribution in [1.82, 2.24) is 0 Å². The second-order valence-electron chi connectivity index (χ2n) is 4.49. The fraction of sp³-hybridized carbons (Fsp3) is 0.333. The van der Waals surface area contributed by atoms with Gasteiger partial charge in [0, 0.05) is 0 Å². The van der Waals surface area contributed by atoms with Gasteiger partial charge in [-0.2, -0.15) is 7.05 Å². The number of rotatable bonds is 3. The zero-order valence-electron chi connectivity index (χ0n) is 10.2. The molecule has 84 valence electrons. The summed E-state index contributed by atoms with van der Waals surface area (Å²) in [6.07, 6.45) is 0. The van der Waals surface area contributed by atoms with Crippen molar-refractivity contribution in [3.63, 3.8) is 0 Å².